The molecule has 1 aliphatic carbocycles. The molecule has 3 N–H and O–H groups in total. The first-order valence-electron chi connectivity index (χ1n) is 7.60. The summed E-state index contributed by atoms with van der Waals surface area (Å²) in [6.45, 7) is 4.37. The fraction of sp³-hybridized carbons (Fsp3) is 0.733. The molecule has 0 atom stereocenters. The lowest BCUT2D eigenvalue weighted by Gasteiger charge is -2.29. The Morgan fingerprint density at radius 3 is 2.58 bits per heavy atom. The number of nitrogens with zero attached hydrogens (tertiary/aromatic N) is 2. The van der Waals surface area contributed by atoms with Crippen molar-refractivity contribution >= 4 is 11.6 Å². The molecule has 0 spiro atoms. The van der Waals surface area contributed by atoms with E-state index in [-0.39, 0.29) is 0 Å². The van der Waals surface area contributed by atoms with E-state index < -0.39 is 0 Å². The molecule has 1 fully saturated rings. The van der Waals surface area contributed by atoms with Crippen LogP contribution in [0.1, 0.15) is 57.9 Å². The number of anilines is 2. The molecule has 0 amide bonds. The van der Waals surface area contributed by atoms with Crippen molar-refractivity contribution < 1.29 is 0 Å². The van der Waals surface area contributed by atoms with Crippen LogP contribution < -0.4 is 11.1 Å². The third-order valence-electron chi connectivity index (χ3n) is 4.22. The highest BCUT2D eigenvalue weighted by Crippen LogP contribution is 2.30. The fourth-order valence-corrected chi connectivity index (χ4v) is 3.10. The Morgan fingerprint density at radius 1 is 1.21 bits per heavy atom. The summed E-state index contributed by atoms with van der Waals surface area (Å²) in [5.41, 5.74) is 6.96. The summed E-state index contributed by atoms with van der Waals surface area (Å²) in [5, 5.41) is 3.57. The van der Waals surface area contributed by atoms with Gasteiger partial charge >= 0.3 is 0 Å². The van der Waals surface area contributed by atoms with Crippen LogP contribution in [0.25, 0.3) is 0 Å². The van der Waals surface area contributed by atoms with Gasteiger partial charge in [0.1, 0.15) is 18.0 Å². The van der Waals surface area contributed by atoms with Gasteiger partial charge in [-0.15, -0.1) is 0 Å². The molecule has 1 aliphatic rings. The van der Waals surface area contributed by atoms with Crippen LogP contribution >= 0.6 is 0 Å². The van der Waals surface area contributed by atoms with E-state index in [9.17, 15) is 0 Å². The summed E-state index contributed by atoms with van der Waals surface area (Å²) < 4.78 is 0. The third-order valence-corrected chi connectivity index (χ3v) is 4.22. The number of nitrogens with two attached hydrogens (primary N) is 1. The molecule has 4 nitrogen and oxygen atoms in total. The molecule has 0 radical (unpaired) electrons. The topological polar surface area (TPSA) is 63.8 Å². The predicted octanol–water partition coefficient (Wildman–Crippen LogP) is 3.39. The maximum absolute atomic E-state index is 5.91. The molecule has 0 saturated heterocycles. The number of aromatic nitrogens is 2. The summed E-state index contributed by atoms with van der Waals surface area (Å²) >= 11 is 0. The van der Waals surface area contributed by atoms with Crippen LogP contribution in [0.4, 0.5) is 11.6 Å². The second-order valence-electron chi connectivity index (χ2n) is 5.59. The average Bonchev–Trinajstić information content (AvgIpc) is 2.42. The van der Waals surface area contributed by atoms with Crippen LogP contribution in [0.5, 0.6) is 0 Å². The minimum absolute atomic E-state index is 0.549. The van der Waals surface area contributed by atoms with E-state index in [4.69, 9.17) is 5.73 Å². The van der Waals surface area contributed by atoms with Gasteiger partial charge in [-0.2, -0.15) is 0 Å². The quantitative estimate of drug-likeness (QED) is 0.853. The van der Waals surface area contributed by atoms with Gasteiger partial charge in [0.25, 0.3) is 0 Å². The maximum atomic E-state index is 5.91. The number of rotatable bonds is 5. The highest BCUT2D eigenvalue weighted by molar-refractivity contribution is 5.55. The Labute approximate surface area is 116 Å². The van der Waals surface area contributed by atoms with Crippen molar-refractivity contribution in [3.63, 3.8) is 0 Å². The summed E-state index contributed by atoms with van der Waals surface area (Å²) in [5.74, 6) is 2.48. The molecule has 0 bridgehead atoms. The van der Waals surface area contributed by atoms with E-state index in [1.54, 1.807) is 6.33 Å². The lowest BCUT2D eigenvalue weighted by Crippen LogP contribution is -2.27. The zero-order chi connectivity index (χ0) is 13.7. The van der Waals surface area contributed by atoms with Crippen LogP contribution in [0.3, 0.4) is 0 Å². The molecule has 4 heteroatoms. The summed E-state index contributed by atoms with van der Waals surface area (Å²) in [6.07, 6.45) is 10.3. The van der Waals surface area contributed by atoms with Gasteiger partial charge in [0.2, 0.25) is 0 Å². The first-order chi connectivity index (χ1) is 9.24. The van der Waals surface area contributed by atoms with Crippen molar-refractivity contribution in [2.45, 2.75) is 64.8 Å². The first-order valence-corrected chi connectivity index (χ1v) is 7.60. The summed E-state index contributed by atoms with van der Waals surface area (Å²) in [4.78, 5) is 8.42. The second kappa shape index (κ2) is 6.73. The maximum Gasteiger partial charge on any atom is 0.134 e. The number of hydrogen-bond acceptors (Lipinski definition) is 4. The smallest absolute Gasteiger partial charge is 0.134 e. The molecule has 1 aromatic rings. The summed E-state index contributed by atoms with van der Waals surface area (Å²) in [6, 6.07) is 0.549. The van der Waals surface area contributed by atoms with Crippen LogP contribution in [-0.4, -0.2) is 16.0 Å². The van der Waals surface area contributed by atoms with E-state index in [2.05, 4.69) is 29.1 Å². The normalized spacial score (nSPS) is 23.3. The Kier molecular flexibility index (Phi) is 5.00. The van der Waals surface area contributed by atoms with Crippen molar-refractivity contribution in [1.82, 2.24) is 9.97 Å². The highest BCUT2D eigenvalue weighted by Gasteiger charge is 2.21. The van der Waals surface area contributed by atoms with Gasteiger partial charge in [-0.05, 0) is 38.0 Å². The van der Waals surface area contributed by atoms with Gasteiger partial charge in [-0.1, -0.05) is 26.7 Å². The molecule has 1 aromatic heterocycles. The monoisotopic (exact) mass is 262 g/mol. The van der Waals surface area contributed by atoms with Crippen molar-refractivity contribution in [3.8, 4) is 0 Å². The third kappa shape index (κ3) is 3.58. The SMILES string of the molecule is CCCC1CCC(Nc2ncnc(N)c2CC)CC1. The van der Waals surface area contributed by atoms with E-state index >= 15 is 0 Å². The Bertz CT molecular complexity index is 397. The molecule has 2 rings (SSSR count). The minimum Gasteiger partial charge on any atom is -0.383 e. The highest BCUT2D eigenvalue weighted by atomic mass is 15.1. The Morgan fingerprint density at radius 2 is 1.95 bits per heavy atom. The van der Waals surface area contributed by atoms with Gasteiger partial charge in [0.05, 0.1) is 0 Å². The van der Waals surface area contributed by atoms with E-state index in [1.165, 1.54) is 38.5 Å². The van der Waals surface area contributed by atoms with Crippen molar-refractivity contribution in [1.29, 1.82) is 0 Å². The average molecular weight is 262 g/mol. The zero-order valence-electron chi connectivity index (χ0n) is 12.2. The van der Waals surface area contributed by atoms with Crippen LogP contribution in [-0.2, 0) is 6.42 Å². The van der Waals surface area contributed by atoms with E-state index in [1.807, 2.05) is 0 Å². The van der Waals surface area contributed by atoms with Gasteiger partial charge in [0.15, 0.2) is 0 Å². The van der Waals surface area contributed by atoms with Crippen LogP contribution in [0.15, 0.2) is 6.33 Å². The van der Waals surface area contributed by atoms with Crippen LogP contribution in [0, 0.1) is 5.92 Å². The zero-order valence-corrected chi connectivity index (χ0v) is 12.2. The second-order valence-corrected chi connectivity index (χ2v) is 5.59. The van der Waals surface area contributed by atoms with Crippen LogP contribution in [0.2, 0.25) is 0 Å². The van der Waals surface area contributed by atoms with Gasteiger partial charge < -0.3 is 11.1 Å². The Hall–Kier alpha value is -1.32. The first kappa shape index (κ1) is 14.1. The molecule has 106 valence electrons. The molecule has 19 heavy (non-hydrogen) atoms. The molecule has 1 heterocycles. The van der Waals surface area contributed by atoms with Gasteiger partial charge in [0, 0.05) is 11.6 Å². The predicted molar refractivity (Wildman–Crippen MR) is 80.1 cm³/mol. The largest absolute Gasteiger partial charge is 0.383 e. The Balaban J connectivity index is 1.94. The molecular weight excluding hydrogens is 236 g/mol. The fourth-order valence-electron chi connectivity index (χ4n) is 3.10. The lowest BCUT2D eigenvalue weighted by molar-refractivity contribution is 0.318. The molecular formula is C15H26N4. The van der Waals surface area contributed by atoms with E-state index in [0.717, 1.165) is 23.7 Å². The van der Waals surface area contributed by atoms with Gasteiger partial charge in [-0.25, -0.2) is 9.97 Å². The minimum atomic E-state index is 0.549. The van der Waals surface area contributed by atoms with Crippen molar-refractivity contribution in [2.24, 2.45) is 5.92 Å². The molecule has 1 saturated carbocycles. The van der Waals surface area contributed by atoms with Gasteiger partial charge in [-0.3, -0.25) is 0 Å². The standard InChI is InChI=1S/C15H26N4/c1-3-5-11-6-8-12(9-7-11)19-15-13(4-2)14(16)17-10-18-15/h10-12H,3-9H2,1-2H3,(H3,16,17,18,19). The number of nitrogens with one attached hydrogen (secondary N) is 1. The summed E-state index contributed by atoms with van der Waals surface area (Å²) in [7, 11) is 0. The molecule has 0 aromatic carbocycles. The molecule has 0 unspecified atom stereocenters. The molecule has 0 aliphatic heterocycles. The van der Waals surface area contributed by atoms with Crippen molar-refractivity contribution in [3.05, 3.63) is 11.9 Å². The number of hydrogen-bond donors (Lipinski definition) is 2. The number of nitrogen functional groups attached to an aromatic ring is 1. The van der Waals surface area contributed by atoms with Crippen molar-refractivity contribution in [2.75, 3.05) is 11.1 Å². The van der Waals surface area contributed by atoms with E-state index in [0.29, 0.717) is 11.9 Å². The lowest BCUT2D eigenvalue weighted by atomic mass is 9.83.